The Balaban J connectivity index is 1.61. The van der Waals surface area contributed by atoms with Gasteiger partial charge in [0.15, 0.2) is 11.5 Å². The van der Waals surface area contributed by atoms with E-state index < -0.39 is 0 Å². The van der Waals surface area contributed by atoms with Crippen molar-refractivity contribution in [3.63, 3.8) is 0 Å². The molecule has 1 N–H and O–H groups in total. The van der Waals surface area contributed by atoms with Gasteiger partial charge in [0.1, 0.15) is 5.65 Å². The van der Waals surface area contributed by atoms with Gasteiger partial charge in [0.2, 0.25) is 0 Å². The molecular weight excluding hydrogens is 350 g/mol. The predicted octanol–water partition coefficient (Wildman–Crippen LogP) is 3.69. The minimum Gasteiger partial charge on any atom is -0.346 e. The van der Waals surface area contributed by atoms with E-state index >= 15 is 0 Å². The maximum Gasteiger partial charge on any atom is 0.177 e. The van der Waals surface area contributed by atoms with E-state index in [0.29, 0.717) is 11.2 Å². The van der Waals surface area contributed by atoms with Crippen LogP contribution < -0.4 is 0 Å². The monoisotopic (exact) mass is 365 g/mol. The van der Waals surface area contributed by atoms with Crippen LogP contribution in [-0.4, -0.2) is 29.8 Å². The quantitative estimate of drug-likeness (QED) is 0.526. The summed E-state index contributed by atoms with van der Waals surface area (Å²) in [4.78, 5) is 7.57. The van der Waals surface area contributed by atoms with Gasteiger partial charge >= 0.3 is 0 Å². The zero-order valence-corrected chi connectivity index (χ0v) is 15.0. The fourth-order valence-corrected chi connectivity index (χ4v) is 3.42. The summed E-state index contributed by atoms with van der Waals surface area (Å²) in [6.07, 6.45) is 3.74. The largest absolute Gasteiger partial charge is 0.346 e. The van der Waals surface area contributed by atoms with Crippen molar-refractivity contribution in [3.8, 4) is 17.3 Å². The molecule has 0 fully saturated rings. The van der Waals surface area contributed by atoms with Gasteiger partial charge in [0.05, 0.1) is 17.3 Å². The molecule has 0 amide bonds. The number of rotatable bonds is 3. The number of aromatic nitrogens is 6. The van der Waals surface area contributed by atoms with Crippen molar-refractivity contribution in [3.05, 3.63) is 77.9 Å². The summed E-state index contributed by atoms with van der Waals surface area (Å²) in [5.41, 5.74) is 5.00. The standard InChI is InChI=1S/C21H15N7/c1-13(17-12-24-20-16(17)3-2-10-23-20)21-26-25-19-9-8-18(27-28(19)21)15-6-4-14(11-22)5-7-15/h2-10,12-13H,1H3,(H,23,24). The molecule has 4 heterocycles. The Morgan fingerprint density at radius 1 is 1.07 bits per heavy atom. The van der Waals surface area contributed by atoms with E-state index in [-0.39, 0.29) is 5.92 Å². The minimum absolute atomic E-state index is 0.0170. The molecule has 0 saturated carbocycles. The summed E-state index contributed by atoms with van der Waals surface area (Å²) in [5.74, 6) is 0.743. The highest BCUT2D eigenvalue weighted by Gasteiger charge is 2.20. The smallest absolute Gasteiger partial charge is 0.177 e. The highest BCUT2D eigenvalue weighted by atomic mass is 15.4. The van der Waals surface area contributed by atoms with Gasteiger partial charge in [-0.3, -0.25) is 0 Å². The first kappa shape index (κ1) is 16.1. The van der Waals surface area contributed by atoms with Crippen LogP contribution >= 0.6 is 0 Å². The molecule has 1 unspecified atom stereocenters. The van der Waals surface area contributed by atoms with Crippen LogP contribution in [0.5, 0.6) is 0 Å². The molecule has 5 aromatic rings. The molecule has 0 bridgehead atoms. The van der Waals surface area contributed by atoms with Gasteiger partial charge in [0, 0.05) is 29.3 Å². The maximum atomic E-state index is 8.98. The summed E-state index contributed by atoms with van der Waals surface area (Å²) in [6.45, 7) is 2.09. The number of nitrogens with one attached hydrogen (secondary N) is 1. The average molecular weight is 365 g/mol. The molecule has 0 radical (unpaired) electrons. The lowest BCUT2D eigenvalue weighted by atomic mass is 10.0. The summed E-state index contributed by atoms with van der Waals surface area (Å²) >= 11 is 0. The van der Waals surface area contributed by atoms with E-state index in [2.05, 4.69) is 33.2 Å². The Hall–Kier alpha value is -4.05. The van der Waals surface area contributed by atoms with Gasteiger partial charge in [-0.05, 0) is 42.0 Å². The number of hydrogen-bond donors (Lipinski definition) is 1. The molecule has 1 atom stereocenters. The van der Waals surface area contributed by atoms with Gasteiger partial charge in [-0.15, -0.1) is 10.2 Å². The van der Waals surface area contributed by atoms with Crippen LogP contribution in [0.3, 0.4) is 0 Å². The van der Waals surface area contributed by atoms with Crippen LogP contribution in [-0.2, 0) is 0 Å². The van der Waals surface area contributed by atoms with Crippen LogP contribution in [0.1, 0.15) is 29.8 Å². The Labute approximate surface area is 160 Å². The molecule has 4 aromatic heterocycles. The SMILES string of the molecule is CC(c1c[nH]c2ncccc12)c1nnc2ccc(-c3ccc(C#N)cc3)nn12. The van der Waals surface area contributed by atoms with Crippen molar-refractivity contribution in [2.75, 3.05) is 0 Å². The number of nitriles is 1. The van der Waals surface area contributed by atoms with Gasteiger partial charge in [-0.25, -0.2) is 4.98 Å². The molecule has 0 aliphatic carbocycles. The Kier molecular flexibility index (Phi) is 3.62. The first-order chi connectivity index (χ1) is 13.7. The zero-order chi connectivity index (χ0) is 19.1. The molecule has 0 saturated heterocycles. The van der Waals surface area contributed by atoms with Crippen molar-refractivity contribution in [2.24, 2.45) is 0 Å². The molecule has 1 aromatic carbocycles. The molecular formula is C21H15N7. The van der Waals surface area contributed by atoms with Crippen molar-refractivity contribution >= 4 is 16.7 Å². The van der Waals surface area contributed by atoms with E-state index in [4.69, 9.17) is 10.4 Å². The minimum atomic E-state index is -0.0170. The first-order valence-corrected chi connectivity index (χ1v) is 8.89. The molecule has 28 heavy (non-hydrogen) atoms. The Bertz CT molecular complexity index is 1340. The van der Waals surface area contributed by atoms with E-state index in [1.54, 1.807) is 22.8 Å². The topological polar surface area (TPSA) is 95.5 Å². The maximum absolute atomic E-state index is 8.98. The van der Waals surface area contributed by atoms with Crippen LogP contribution in [0.25, 0.3) is 27.9 Å². The highest BCUT2D eigenvalue weighted by molar-refractivity contribution is 5.80. The fourth-order valence-electron chi connectivity index (χ4n) is 3.42. The molecule has 5 rings (SSSR count). The van der Waals surface area contributed by atoms with Gasteiger partial charge in [-0.2, -0.15) is 14.9 Å². The Morgan fingerprint density at radius 2 is 1.93 bits per heavy atom. The summed E-state index contributed by atoms with van der Waals surface area (Å²) < 4.78 is 1.79. The lowest BCUT2D eigenvalue weighted by Gasteiger charge is -2.09. The molecule has 0 aliphatic heterocycles. The number of hydrogen-bond acceptors (Lipinski definition) is 5. The fraction of sp³-hybridized carbons (Fsp3) is 0.0952. The normalized spacial score (nSPS) is 12.3. The number of H-pyrrole nitrogens is 1. The summed E-state index contributed by atoms with van der Waals surface area (Å²) in [7, 11) is 0. The van der Waals surface area contributed by atoms with Gasteiger partial charge < -0.3 is 4.98 Å². The van der Waals surface area contributed by atoms with E-state index in [1.165, 1.54) is 0 Å². The average Bonchev–Trinajstić information content (AvgIpc) is 3.37. The number of fused-ring (bicyclic) bond motifs is 2. The first-order valence-electron chi connectivity index (χ1n) is 8.89. The lowest BCUT2D eigenvalue weighted by Crippen LogP contribution is -2.05. The van der Waals surface area contributed by atoms with Crippen molar-refractivity contribution in [2.45, 2.75) is 12.8 Å². The summed E-state index contributed by atoms with van der Waals surface area (Å²) in [5, 5.41) is 23.5. The predicted molar refractivity (Wildman–Crippen MR) is 105 cm³/mol. The van der Waals surface area contributed by atoms with Crippen molar-refractivity contribution in [1.82, 2.24) is 29.8 Å². The van der Waals surface area contributed by atoms with E-state index in [0.717, 1.165) is 33.7 Å². The second kappa shape index (κ2) is 6.28. The number of aromatic amines is 1. The third-order valence-corrected chi connectivity index (χ3v) is 4.93. The summed E-state index contributed by atoms with van der Waals surface area (Å²) in [6, 6.07) is 17.3. The molecule has 7 nitrogen and oxygen atoms in total. The third kappa shape index (κ3) is 2.51. The second-order valence-corrected chi connectivity index (χ2v) is 6.60. The zero-order valence-electron chi connectivity index (χ0n) is 15.0. The molecule has 0 aliphatic rings. The van der Waals surface area contributed by atoms with Crippen LogP contribution in [0.4, 0.5) is 0 Å². The second-order valence-electron chi connectivity index (χ2n) is 6.60. The van der Waals surface area contributed by atoms with Gasteiger partial charge in [0.25, 0.3) is 0 Å². The Morgan fingerprint density at radius 3 is 2.75 bits per heavy atom. The number of nitrogens with zero attached hydrogens (tertiary/aromatic N) is 6. The third-order valence-electron chi connectivity index (χ3n) is 4.93. The van der Waals surface area contributed by atoms with Crippen molar-refractivity contribution < 1.29 is 0 Å². The molecule has 7 heteroatoms. The molecule has 134 valence electrons. The van der Waals surface area contributed by atoms with Crippen LogP contribution in [0.2, 0.25) is 0 Å². The molecule has 0 spiro atoms. The van der Waals surface area contributed by atoms with Crippen molar-refractivity contribution in [1.29, 1.82) is 5.26 Å². The van der Waals surface area contributed by atoms with Crippen LogP contribution in [0.15, 0.2) is 60.9 Å². The van der Waals surface area contributed by atoms with Crippen LogP contribution in [0, 0.1) is 11.3 Å². The number of benzene rings is 1. The van der Waals surface area contributed by atoms with Gasteiger partial charge in [-0.1, -0.05) is 19.1 Å². The lowest BCUT2D eigenvalue weighted by molar-refractivity contribution is 0.756. The van der Waals surface area contributed by atoms with E-state index in [9.17, 15) is 0 Å². The highest BCUT2D eigenvalue weighted by Crippen LogP contribution is 2.29. The number of pyridine rings is 1. The van der Waals surface area contributed by atoms with E-state index in [1.807, 2.05) is 42.6 Å².